The van der Waals surface area contributed by atoms with Gasteiger partial charge in [-0.3, -0.25) is 4.90 Å². The van der Waals surface area contributed by atoms with Crippen LogP contribution in [0.2, 0.25) is 0 Å². The third-order valence-corrected chi connectivity index (χ3v) is 4.05. The van der Waals surface area contributed by atoms with Crippen LogP contribution < -0.4 is 0 Å². The molecule has 0 saturated carbocycles. The second kappa shape index (κ2) is 6.04. The summed E-state index contributed by atoms with van der Waals surface area (Å²) in [5.74, 6) is 1.48. The minimum atomic E-state index is 0.683. The van der Waals surface area contributed by atoms with Gasteiger partial charge in [0.25, 0.3) is 0 Å². The Kier molecular flexibility index (Phi) is 4.68. The normalized spacial score (nSPS) is 22.2. The van der Waals surface area contributed by atoms with E-state index in [9.17, 15) is 0 Å². The van der Waals surface area contributed by atoms with Crippen molar-refractivity contribution in [3.05, 3.63) is 34.3 Å². The van der Waals surface area contributed by atoms with Gasteiger partial charge in [0.05, 0.1) is 0 Å². The average molecular weight is 303 g/mol. The van der Waals surface area contributed by atoms with Crippen LogP contribution in [-0.2, 0) is 6.54 Å². The molecular weight excluding hydrogens is 286 g/mol. The first-order valence-electron chi connectivity index (χ1n) is 5.80. The summed E-state index contributed by atoms with van der Waals surface area (Å²) in [6, 6.07) is 8.56. The van der Waals surface area contributed by atoms with Crippen LogP contribution in [0.5, 0.6) is 0 Å². The molecule has 0 amide bonds. The van der Waals surface area contributed by atoms with Crippen molar-refractivity contribution >= 4 is 27.5 Å². The largest absolute Gasteiger partial charge is 0.299 e. The fourth-order valence-electron chi connectivity index (χ4n) is 2.31. The summed E-state index contributed by atoms with van der Waals surface area (Å²) in [5.41, 5.74) is 1.38. The predicted molar refractivity (Wildman–Crippen MR) is 72.9 cm³/mol. The third kappa shape index (κ3) is 3.47. The number of rotatable bonds is 3. The fourth-order valence-corrected chi connectivity index (χ4v) is 3.01. The first kappa shape index (κ1) is 12.4. The Labute approximate surface area is 111 Å². The lowest BCUT2D eigenvalue weighted by molar-refractivity contribution is 0.178. The maximum atomic E-state index is 5.94. The molecule has 1 nitrogen and oxygen atoms in total. The summed E-state index contributed by atoms with van der Waals surface area (Å²) in [6.07, 6.45) is 2.57. The molecule has 1 fully saturated rings. The van der Waals surface area contributed by atoms with E-state index >= 15 is 0 Å². The summed E-state index contributed by atoms with van der Waals surface area (Å²) in [4.78, 5) is 2.51. The highest BCUT2D eigenvalue weighted by Crippen LogP contribution is 2.20. The number of nitrogens with zero attached hydrogens (tertiary/aromatic N) is 1. The van der Waals surface area contributed by atoms with E-state index in [-0.39, 0.29) is 0 Å². The summed E-state index contributed by atoms with van der Waals surface area (Å²) in [6.45, 7) is 3.41. The number of piperidine rings is 1. The average Bonchev–Trinajstić information content (AvgIpc) is 2.29. The van der Waals surface area contributed by atoms with Gasteiger partial charge in [-0.2, -0.15) is 0 Å². The molecule has 88 valence electrons. The molecular formula is C13H17BrClN. The molecule has 3 heteroatoms. The standard InChI is InChI=1S/C13H17BrClN/c14-13-5-1-3-11(7-13)9-16-6-2-4-12(8-15)10-16/h1,3,5,7,12H,2,4,6,8-10H2. The third-order valence-electron chi connectivity index (χ3n) is 3.12. The minimum absolute atomic E-state index is 0.683. The molecule has 1 aromatic carbocycles. The highest BCUT2D eigenvalue weighted by atomic mass is 79.9. The van der Waals surface area contributed by atoms with Gasteiger partial charge in [-0.05, 0) is 43.0 Å². The van der Waals surface area contributed by atoms with E-state index in [0.717, 1.165) is 23.4 Å². The van der Waals surface area contributed by atoms with Gasteiger partial charge in [-0.15, -0.1) is 11.6 Å². The van der Waals surface area contributed by atoms with Crippen LogP contribution in [-0.4, -0.2) is 23.9 Å². The van der Waals surface area contributed by atoms with Crippen LogP contribution >= 0.6 is 27.5 Å². The minimum Gasteiger partial charge on any atom is -0.299 e. The zero-order valence-corrected chi connectivity index (χ0v) is 11.7. The van der Waals surface area contributed by atoms with Crippen molar-refractivity contribution in [2.24, 2.45) is 5.92 Å². The summed E-state index contributed by atoms with van der Waals surface area (Å²) in [5, 5.41) is 0. The number of alkyl halides is 1. The molecule has 0 aromatic heterocycles. The summed E-state index contributed by atoms with van der Waals surface area (Å²) < 4.78 is 1.16. The Bertz CT molecular complexity index is 342. The van der Waals surface area contributed by atoms with Crippen LogP contribution in [0.4, 0.5) is 0 Å². The Morgan fingerprint density at radius 3 is 3.06 bits per heavy atom. The zero-order chi connectivity index (χ0) is 11.4. The second-order valence-corrected chi connectivity index (χ2v) is 5.75. The van der Waals surface area contributed by atoms with Gasteiger partial charge in [0, 0.05) is 23.4 Å². The zero-order valence-electron chi connectivity index (χ0n) is 9.33. The molecule has 1 aliphatic rings. The quantitative estimate of drug-likeness (QED) is 0.766. The number of hydrogen-bond donors (Lipinski definition) is 0. The van der Waals surface area contributed by atoms with Crippen LogP contribution in [0.25, 0.3) is 0 Å². The number of benzene rings is 1. The van der Waals surface area contributed by atoms with Gasteiger partial charge in [0.15, 0.2) is 0 Å². The molecule has 2 rings (SSSR count). The maximum absolute atomic E-state index is 5.94. The predicted octanol–water partition coefficient (Wildman–Crippen LogP) is 3.90. The molecule has 1 atom stereocenters. The van der Waals surface area contributed by atoms with Gasteiger partial charge in [0.1, 0.15) is 0 Å². The number of likely N-dealkylation sites (tertiary alicyclic amines) is 1. The summed E-state index contributed by atoms with van der Waals surface area (Å²) in [7, 11) is 0. The van der Waals surface area contributed by atoms with Gasteiger partial charge < -0.3 is 0 Å². The van der Waals surface area contributed by atoms with Crippen molar-refractivity contribution in [3.63, 3.8) is 0 Å². The van der Waals surface area contributed by atoms with Crippen molar-refractivity contribution in [3.8, 4) is 0 Å². The topological polar surface area (TPSA) is 3.24 Å². The smallest absolute Gasteiger partial charge is 0.0263 e. The Morgan fingerprint density at radius 2 is 2.31 bits per heavy atom. The van der Waals surface area contributed by atoms with Crippen molar-refractivity contribution in [2.45, 2.75) is 19.4 Å². The fraction of sp³-hybridized carbons (Fsp3) is 0.538. The van der Waals surface area contributed by atoms with Crippen LogP contribution in [0.15, 0.2) is 28.7 Å². The molecule has 1 aromatic rings. The monoisotopic (exact) mass is 301 g/mol. The Balaban J connectivity index is 1.94. The van der Waals surface area contributed by atoms with E-state index in [1.165, 1.54) is 24.9 Å². The van der Waals surface area contributed by atoms with Crippen LogP contribution in [0.1, 0.15) is 18.4 Å². The number of hydrogen-bond acceptors (Lipinski definition) is 1. The maximum Gasteiger partial charge on any atom is 0.0263 e. The highest BCUT2D eigenvalue weighted by Gasteiger charge is 2.18. The van der Waals surface area contributed by atoms with E-state index in [1.807, 2.05) is 0 Å². The van der Waals surface area contributed by atoms with Gasteiger partial charge in [-0.25, -0.2) is 0 Å². The van der Waals surface area contributed by atoms with E-state index in [1.54, 1.807) is 0 Å². The molecule has 0 radical (unpaired) electrons. The van der Waals surface area contributed by atoms with E-state index < -0.39 is 0 Å². The van der Waals surface area contributed by atoms with Crippen molar-refractivity contribution in [1.29, 1.82) is 0 Å². The molecule has 1 aliphatic heterocycles. The molecule has 0 spiro atoms. The highest BCUT2D eigenvalue weighted by molar-refractivity contribution is 9.10. The molecule has 1 unspecified atom stereocenters. The lowest BCUT2D eigenvalue weighted by atomic mass is 9.99. The molecule has 0 aliphatic carbocycles. The van der Waals surface area contributed by atoms with Gasteiger partial charge >= 0.3 is 0 Å². The van der Waals surface area contributed by atoms with Crippen molar-refractivity contribution in [1.82, 2.24) is 4.90 Å². The van der Waals surface area contributed by atoms with E-state index in [4.69, 9.17) is 11.6 Å². The van der Waals surface area contributed by atoms with Gasteiger partial charge in [0.2, 0.25) is 0 Å². The summed E-state index contributed by atoms with van der Waals surface area (Å²) >= 11 is 9.45. The first-order valence-corrected chi connectivity index (χ1v) is 7.13. The SMILES string of the molecule is ClCC1CCCN(Cc2cccc(Br)c2)C1. The lowest BCUT2D eigenvalue weighted by Crippen LogP contribution is -2.35. The second-order valence-electron chi connectivity index (χ2n) is 4.53. The molecule has 0 bridgehead atoms. The van der Waals surface area contributed by atoms with Crippen molar-refractivity contribution < 1.29 is 0 Å². The van der Waals surface area contributed by atoms with Crippen LogP contribution in [0.3, 0.4) is 0 Å². The number of halogens is 2. The molecule has 0 N–H and O–H groups in total. The molecule has 1 heterocycles. The molecule has 16 heavy (non-hydrogen) atoms. The Morgan fingerprint density at radius 1 is 1.44 bits per heavy atom. The van der Waals surface area contributed by atoms with Crippen LogP contribution in [0, 0.1) is 5.92 Å². The van der Waals surface area contributed by atoms with E-state index in [2.05, 4.69) is 45.1 Å². The molecule has 1 saturated heterocycles. The first-order chi connectivity index (χ1) is 7.78. The lowest BCUT2D eigenvalue weighted by Gasteiger charge is -2.31. The van der Waals surface area contributed by atoms with Crippen molar-refractivity contribution in [2.75, 3.05) is 19.0 Å². The van der Waals surface area contributed by atoms with Gasteiger partial charge in [-0.1, -0.05) is 28.1 Å². The van der Waals surface area contributed by atoms with E-state index in [0.29, 0.717) is 5.92 Å². The Hall–Kier alpha value is -0.0500.